The first-order valence-corrected chi connectivity index (χ1v) is 5.43. The molecule has 0 saturated heterocycles. The van der Waals surface area contributed by atoms with Gasteiger partial charge in [0.1, 0.15) is 6.04 Å². The Morgan fingerprint density at radius 1 is 1.44 bits per heavy atom. The van der Waals surface area contributed by atoms with Crippen LogP contribution < -0.4 is 0 Å². The molecule has 0 aliphatic heterocycles. The van der Waals surface area contributed by atoms with Crippen LogP contribution >= 0.6 is 11.6 Å². The summed E-state index contributed by atoms with van der Waals surface area (Å²) >= 11 is 5.89. The number of benzene rings is 1. The minimum absolute atomic E-state index is 0.121. The van der Waals surface area contributed by atoms with Crippen molar-refractivity contribution >= 4 is 17.4 Å². The zero-order valence-corrected chi connectivity index (χ0v) is 9.19. The van der Waals surface area contributed by atoms with Crippen molar-refractivity contribution in [2.24, 2.45) is 0 Å². The molecule has 1 heterocycles. The van der Waals surface area contributed by atoms with E-state index in [0.717, 1.165) is 17.5 Å². The molecule has 2 aromatic rings. The van der Waals surface area contributed by atoms with Crippen LogP contribution in [-0.2, 0) is 6.42 Å². The molecule has 80 valence electrons. The average molecular weight is 233 g/mol. The van der Waals surface area contributed by atoms with Crippen LogP contribution in [0.15, 0.2) is 36.9 Å². The molecule has 3 rings (SSSR count). The van der Waals surface area contributed by atoms with Crippen LogP contribution in [0.3, 0.4) is 0 Å². The molecule has 0 spiro atoms. The van der Waals surface area contributed by atoms with E-state index < -0.39 is 0 Å². The Kier molecular flexibility index (Phi) is 2.07. The molecule has 1 aliphatic rings. The van der Waals surface area contributed by atoms with Crippen LogP contribution in [0.2, 0.25) is 5.02 Å². The summed E-state index contributed by atoms with van der Waals surface area (Å²) in [6.45, 7) is 0. The Balaban J connectivity index is 2.04. The lowest BCUT2D eigenvalue weighted by Crippen LogP contribution is -2.13. The van der Waals surface area contributed by atoms with Gasteiger partial charge in [0.05, 0.1) is 6.33 Å². The summed E-state index contributed by atoms with van der Waals surface area (Å²) in [5, 5.41) is 0.610. The van der Waals surface area contributed by atoms with E-state index in [2.05, 4.69) is 4.98 Å². The van der Waals surface area contributed by atoms with Crippen LogP contribution in [0.5, 0.6) is 0 Å². The fraction of sp³-hybridized carbons (Fsp3) is 0.167. The molecule has 1 aromatic carbocycles. The van der Waals surface area contributed by atoms with Crippen LogP contribution in [0.4, 0.5) is 0 Å². The zero-order chi connectivity index (χ0) is 11.1. The van der Waals surface area contributed by atoms with E-state index in [-0.39, 0.29) is 11.8 Å². The lowest BCUT2D eigenvalue weighted by molar-refractivity contribution is 0.0942. The molecule has 0 N–H and O–H groups in total. The predicted octanol–water partition coefficient (Wildman–Crippen LogP) is 2.52. The van der Waals surface area contributed by atoms with Crippen molar-refractivity contribution in [1.82, 2.24) is 9.55 Å². The number of carbonyl (C=O) groups is 1. The maximum absolute atomic E-state index is 12.1. The Hall–Kier alpha value is -1.61. The second-order valence-corrected chi connectivity index (χ2v) is 4.33. The lowest BCUT2D eigenvalue weighted by atomic mass is 10.1. The third kappa shape index (κ3) is 1.36. The summed E-state index contributed by atoms with van der Waals surface area (Å²) in [6, 6.07) is 5.34. The fourth-order valence-electron chi connectivity index (χ4n) is 2.13. The van der Waals surface area contributed by atoms with Crippen molar-refractivity contribution < 1.29 is 4.79 Å². The van der Waals surface area contributed by atoms with E-state index in [0.29, 0.717) is 5.02 Å². The number of fused-ring (bicyclic) bond motifs is 1. The van der Waals surface area contributed by atoms with Gasteiger partial charge >= 0.3 is 0 Å². The van der Waals surface area contributed by atoms with Gasteiger partial charge in [-0.25, -0.2) is 4.98 Å². The third-order valence-corrected chi connectivity index (χ3v) is 3.17. The van der Waals surface area contributed by atoms with Gasteiger partial charge in [0.2, 0.25) is 0 Å². The van der Waals surface area contributed by atoms with E-state index in [1.807, 2.05) is 22.9 Å². The first kappa shape index (κ1) is 9.60. The molecule has 0 fully saturated rings. The Bertz CT molecular complexity index is 548. The van der Waals surface area contributed by atoms with Crippen molar-refractivity contribution in [2.75, 3.05) is 0 Å². The van der Waals surface area contributed by atoms with Gasteiger partial charge in [-0.1, -0.05) is 17.7 Å². The molecular weight excluding hydrogens is 224 g/mol. The van der Waals surface area contributed by atoms with Gasteiger partial charge in [-0.3, -0.25) is 4.79 Å². The quantitative estimate of drug-likeness (QED) is 0.757. The van der Waals surface area contributed by atoms with E-state index in [1.165, 1.54) is 0 Å². The second-order valence-electron chi connectivity index (χ2n) is 3.90. The van der Waals surface area contributed by atoms with Crippen molar-refractivity contribution in [1.29, 1.82) is 0 Å². The SMILES string of the molecule is O=C1c2cc(Cl)ccc2CC1n1ccnc1. The lowest BCUT2D eigenvalue weighted by Gasteiger charge is -2.08. The van der Waals surface area contributed by atoms with Crippen molar-refractivity contribution in [3.63, 3.8) is 0 Å². The highest BCUT2D eigenvalue weighted by Crippen LogP contribution is 2.31. The number of carbonyl (C=O) groups excluding carboxylic acids is 1. The molecule has 0 bridgehead atoms. The van der Waals surface area contributed by atoms with Crippen LogP contribution in [-0.4, -0.2) is 15.3 Å². The van der Waals surface area contributed by atoms with Gasteiger partial charge in [-0.05, 0) is 17.7 Å². The van der Waals surface area contributed by atoms with Crippen molar-refractivity contribution in [3.8, 4) is 0 Å². The molecule has 1 unspecified atom stereocenters. The fourth-order valence-corrected chi connectivity index (χ4v) is 2.30. The summed E-state index contributed by atoms with van der Waals surface area (Å²) in [6.07, 6.45) is 5.90. The number of ketones is 1. The molecule has 1 aromatic heterocycles. The predicted molar refractivity (Wildman–Crippen MR) is 60.8 cm³/mol. The second kappa shape index (κ2) is 3.46. The highest BCUT2D eigenvalue weighted by Gasteiger charge is 2.31. The van der Waals surface area contributed by atoms with E-state index in [1.54, 1.807) is 18.6 Å². The Morgan fingerprint density at radius 3 is 3.06 bits per heavy atom. The van der Waals surface area contributed by atoms with E-state index in [9.17, 15) is 4.79 Å². The van der Waals surface area contributed by atoms with Crippen LogP contribution in [0.25, 0.3) is 0 Å². The van der Waals surface area contributed by atoms with Crippen LogP contribution in [0, 0.1) is 0 Å². The molecule has 0 radical (unpaired) electrons. The molecule has 0 saturated carbocycles. The zero-order valence-electron chi connectivity index (χ0n) is 8.43. The number of nitrogens with zero attached hydrogens (tertiary/aromatic N) is 2. The van der Waals surface area contributed by atoms with Crippen LogP contribution in [0.1, 0.15) is 22.0 Å². The summed E-state index contributed by atoms with van der Waals surface area (Å²) in [4.78, 5) is 16.1. The first-order valence-electron chi connectivity index (χ1n) is 5.06. The summed E-state index contributed by atoms with van der Waals surface area (Å²) in [5.74, 6) is 0.121. The molecule has 4 heteroatoms. The Labute approximate surface area is 97.7 Å². The highest BCUT2D eigenvalue weighted by molar-refractivity contribution is 6.31. The topological polar surface area (TPSA) is 34.9 Å². The Morgan fingerprint density at radius 2 is 2.31 bits per heavy atom. The summed E-state index contributed by atoms with van der Waals surface area (Å²) in [7, 11) is 0. The summed E-state index contributed by atoms with van der Waals surface area (Å²) in [5.41, 5.74) is 1.80. The van der Waals surface area contributed by atoms with Gasteiger partial charge in [0.15, 0.2) is 5.78 Å². The standard InChI is InChI=1S/C12H9ClN2O/c13-9-2-1-8-5-11(12(16)10(8)6-9)15-4-3-14-7-15/h1-4,6-7,11H,5H2. The molecular formula is C12H9ClN2O. The van der Waals surface area contributed by atoms with Gasteiger partial charge in [-0.15, -0.1) is 0 Å². The minimum Gasteiger partial charge on any atom is -0.326 e. The van der Waals surface area contributed by atoms with E-state index >= 15 is 0 Å². The van der Waals surface area contributed by atoms with Crippen molar-refractivity contribution in [2.45, 2.75) is 12.5 Å². The maximum Gasteiger partial charge on any atom is 0.186 e. The maximum atomic E-state index is 12.1. The minimum atomic E-state index is -0.157. The number of imidazole rings is 1. The largest absolute Gasteiger partial charge is 0.326 e. The van der Waals surface area contributed by atoms with Gasteiger partial charge in [0, 0.05) is 29.4 Å². The average Bonchev–Trinajstić information content (AvgIpc) is 2.87. The van der Waals surface area contributed by atoms with E-state index in [4.69, 9.17) is 11.6 Å². The number of hydrogen-bond acceptors (Lipinski definition) is 2. The molecule has 16 heavy (non-hydrogen) atoms. The van der Waals surface area contributed by atoms with Gasteiger partial charge < -0.3 is 4.57 Å². The first-order chi connectivity index (χ1) is 7.75. The number of Topliss-reactive ketones (excluding diaryl/α,β-unsaturated/α-hetero) is 1. The normalized spacial score (nSPS) is 18.8. The number of halogens is 1. The highest BCUT2D eigenvalue weighted by atomic mass is 35.5. The molecule has 3 nitrogen and oxygen atoms in total. The van der Waals surface area contributed by atoms with Gasteiger partial charge in [0.25, 0.3) is 0 Å². The molecule has 1 aliphatic carbocycles. The number of aromatic nitrogens is 2. The van der Waals surface area contributed by atoms with Crippen molar-refractivity contribution in [3.05, 3.63) is 53.1 Å². The molecule has 0 amide bonds. The smallest absolute Gasteiger partial charge is 0.186 e. The monoisotopic (exact) mass is 232 g/mol. The molecule has 1 atom stereocenters. The third-order valence-electron chi connectivity index (χ3n) is 2.94. The summed E-state index contributed by atoms with van der Waals surface area (Å²) < 4.78 is 1.84. The number of hydrogen-bond donors (Lipinski definition) is 0. The number of rotatable bonds is 1. The van der Waals surface area contributed by atoms with Gasteiger partial charge in [-0.2, -0.15) is 0 Å².